The molecule has 2 heterocycles. The number of aliphatic hydroxyl groups is 1. The Labute approximate surface area is 196 Å². The topological polar surface area (TPSA) is 70.5 Å². The molecular formula is C27H34N4O2. The van der Waals surface area contributed by atoms with Gasteiger partial charge in [-0.25, -0.2) is 9.97 Å². The minimum absolute atomic E-state index is 0.146. The summed E-state index contributed by atoms with van der Waals surface area (Å²) in [4.78, 5) is 12.6. The van der Waals surface area contributed by atoms with Crippen molar-refractivity contribution >= 4 is 16.7 Å². The fourth-order valence-electron chi connectivity index (χ4n) is 5.08. The van der Waals surface area contributed by atoms with E-state index in [9.17, 15) is 0 Å². The van der Waals surface area contributed by atoms with Gasteiger partial charge in [-0.3, -0.25) is 0 Å². The number of aromatic nitrogens is 2. The first-order chi connectivity index (χ1) is 16.2. The Hall–Kier alpha value is -2.70. The van der Waals surface area contributed by atoms with E-state index < -0.39 is 0 Å². The molecule has 0 bridgehead atoms. The van der Waals surface area contributed by atoms with E-state index in [4.69, 9.17) is 19.8 Å². The fraction of sp³-hybridized carbons (Fsp3) is 0.481. The van der Waals surface area contributed by atoms with E-state index >= 15 is 0 Å². The number of hydrogen-bond donors (Lipinski definition) is 2. The number of nitrogens with zero attached hydrogens (tertiary/aromatic N) is 3. The zero-order valence-electron chi connectivity index (χ0n) is 19.7. The van der Waals surface area contributed by atoms with Crippen molar-refractivity contribution in [1.82, 2.24) is 15.3 Å². The molecule has 2 N–H and O–H groups in total. The van der Waals surface area contributed by atoms with E-state index in [1.165, 1.54) is 34.9 Å². The molecule has 6 heteroatoms. The molecule has 1 aliphatic carbocycles. The number of para-hydroxylation sites is 1. The largest absolute Gasteiger partial charge is 0.496 e. The number of rotatable bonds is 8. The van der Waals surface area contributed by atoms with E-state index in [2.05, 4.69) is 47.5 Å². The van der Waals surface area contributed by atoms with Crippen molar-refractivity contribution in [3.05, 3.63) is 58.9 Å². The Morgan fingerprint density at radius 2 is 1.82 bits per heavy atom. The van der Waals surface area contributed by atoms with Gasteiger partial charge in [-0.1, -0.05) is 24.3 Å². The van der Waals surface area contributed by atoms with Gasteiger partial charge in [-0.05, 0) is 67.3 Å². The Balaban J connectivity index is 1.45. The van der Waals surface area contributed by atoms with E-state index in [0.29, 0.717) is 18.4 Å². The quantitative estimate of drug-likeness (QED) is 0.503. The monoisotopic (exact) mass is 446 g/mol. The highest BCUT2D eigenvalue weighted by atomic mass is 16.5. The molecule has 0 radical (unpaired) electrons. The Bertz CT molecular complexity index is 1120. The molecule has 33 heavy (non-hydrogen) atoms. The molecule has 6 nitrogen and oxygen atoms in total. The van der Waals surface area contributed by atoms with Gasteiger partial charge in [0.1, 0.15) is 17.4 Å². The maximum absolute atomic E-state index is 9.13. The van der Waals surface area contributed by atoms with Crippen LogP contribution in [-0.4, -0.2) is 48.4 Å². The Kier molecular flexibility index (Phi) is 6.47. The zero-order chi connectivity index (χ0) is 22.8. The van der Waals surface area contributed by atoms with Crippen molar-refractivity contribution in [2.24, 2.45) is 0 Å². The van der Waals surface area contributed by atoms with Crippen LogP contribution in [0.3, 0.4) is 0 Å². The number of aryl methyl sites for hydroxylation is 1. The molecule has 0 amide bonds. The molecule has 2 fully saturated rings. The van der Waals surface area contributed by atoms with Crippen LogP contribution >= 0.6 is 0 Å². The molecule has 2 aromatic carbocycles. The summed E-state index contributed by atoms with van der Waals surface area (Å²) in [5.74, 6) is 4.13. The molecule has 1 aromatic heterocycles. The SMILES string of the molecule is COc1ccccc1C1CCN(c2nc(C3CC3)nc3ccc(CNCCO)c(C)c23)CC1. The fourth-order valence-corrected chi connectivity index (χ4v) is 5.08. The lowest BCUT2D eigenvalue weighted by Gasteiger charge is -2.34. The molecule has 0 spiro atoms. The number of hydrogen-bond acceptors (Lipinski definition) is 6. The van der Waals surface area contributed by atoms with Crippen LogP contribution in [-0.2, 0) is 6.54 Å². The van der Waals surface area contributed by atoms with Gasteiger partial charge in [-0.2, -0.15) is 0 Å². The normalized spacial score (nSPS) is 17.0. The van der Waals surface area contributed by atoms with Gasteiger partial charge in [0.05, 0.1) is 19.2 Å². The molecule has 1 saturated heterocycles. The van der Waals surface area contributed by atoms with E-state index in [-0.39, 0.29) is 6.61 Å². The predicted octanol–water partition coefficient (Wildman–Crippen LogP) is 4.29. The summed E-state index contributed by atoms with van der Waals surface area (Å²) in [5, 5.41) is 13.6. The van der Waals surface area contributed by atoms with Crippen LogP contribution in [0.25, 0.3) is 10.9 Å². The van der Waals surface area contributed by atoms with Crippen LogP contribution < -0.4 is 15.0 Å². The van der Waals surface area contributed by atoms with Crippen LogP contribution in [0.1, 0.15) is 60.0 Å². The second-order valence-electron chi connectivity index (χ2n) is 9.33. The number of anilines is 1. The highest BCUT2D eigenvalue weighted by Gasteiger charge is 2.30. The minimum atomic E-state index is 0.146. The third-order valence-electron chi connectivity index (χ3n) is 7.15. The lowest BCUT2D eigenvalue weighted by molar-refractivity contribution is 0.292. The number of fused-ring (bicyclic) bond motifs is 1. The highest BCUT2D eigenvalue weighted by Crippen LogP contribution is 2.42. The van der Waals surface area contributed by atoms with Gasteiger partial charge in [0.25, 0.3) is 0 Å². The van der Waals surface area contributed by atoms with Crippen LogP contribution in [0.15, 0.2) is 36.4 Å². The lowest BCUT2D eigenvalue weighted by Crippen LogP contribution is -2.34. The molecule has 5 rings (SSSR count). The van der Waals surface area contributed by atoms with Gasteiger partial charge in [-0.15, -0.1) is 0 Å². The molecule has 0 atom stereocenters. The minimum Gasteiger partial charge on any atom is -0.496 e. The molecule has 0 unspecified atom stereocenters. The number of benzene rings is 2. The van der Waals surface area contributed by atoms with Crippen molar-refractivity contribution in [2.75, 3.05) is 38.3 Å². The zero-order valence-corrected chi connectivity index (χ0v) is 19.7. The van der Waals surface area contributed by atoms with E-state index in [1.807, 2.05) is 6.07 Å². The molecular weight excluding hydrogens is 412 g/mol. The smallest absolute Gasteiger partial charge is 0.140 e. The maximum atomic E-state index is 9.13. The van der Waals surface area contributed by atoms with E-state index in [1.54, 1.807) is 7.11 Å². The van der Waals surface area contributed by atoms with Gasteiger partial charge in [0.15, 0.2) is 0 Å². The van der Waals surface area contributed by atoms with Crippen LogP contribution in [0.5, 0.6) is 5.75 Å². The molecule has 1 aliphatic heterocycles. The summed E-state index contributed by atoms with van der Waals surface area (Å²) in [6.07, 6.45) is 4.56. The number of aliphatic hydroxyl groups excluding tert-OH is 1. The molecule has 1 saturated carbocycles. The number of piperidine rings is 1. The summed E-state index contributed by atoms with van der Waals surface area (Å²) >= 11 is 0. The van der Waals surface area contributed by atoms with E-state index in [0.717, 1.165) is 55.4 Å². The predicted molar refractivity (Wildman–Crippen MR) is 132 cm³/mol. The Morgan fingerprint density at radius 1 is 1.03 bits per heavy atom. The third kappa shape index (κ3) is 4.55. The van der Waals surface area contributed by atoms with Crippen molar-refractivity contribution in [1.29, 1.82) is 0 Å². The number of methoxy groups -OCH3 is 1. The number of nitrogens with one attached hydrogen (secondary N) is 1. The average Bonchev–Trinajstić information content (AvgIpc) is 3.71. The molecule has 174 valence electrons. The van der Waals surface area contributed by atoms with Crippen molar-refractivity contribution in [2.45, 2.75) is 51.0 Å². The van der Waals surface area contributed by atoms with Gasteiger partial charge in [0, 0.05) is 37.5 Å². The van der Waals surface area contributed by atoms with Gasteiger partial charge >= 0.3 is 0 Å². The van der Waals surface area contributed by atoms with Crippen molar-refractivity contribution in [3.8, 4) is 5.75 Å². The standard InChI is InChI=1S/C27H34N4O2/c1-18-21(17-28-13-16-32)9-10-23-25(18)27(30-26(29-23)20-7-8-20)31-14-11-19(12-15-31)22-5-3-4-6-24(22)33-2/h3-6,9-10,19-20,28,32H,7-8,11-17H2,1-2H3. The summed E-state index contributed by atoms with van der Waals surface area (Å²) in [6.45, 7) is 5.62. The van der Waals surface area contributed by atoms with Crippen molar-refractivity contribution in [3.63, 3.8) is 0 Å². The summed E-state index contributed by atoms with van der Waals surface area (Å²) < 4.78 is 5.63. The first-order valence-electron chi connectivity index (χ1n) is 12.2. The summed E-state index contributed by atoms with van der Waals surface area (Å²) in [5.41, 5.74) is 4.85. The molecule has 3 aromatic rings. The maximum Gasteiger partial charge on any atom is 0.140 e. The highest BCUT2D eigenvalue weighted by molar-refractivity contribution is 5.93. The second-order valence-corrected chi connectivity index (χ2v) is 9.33. The molecule has 2 aliphatic rings. The Morgan fingerprint density at radius 3 is 2.55 bits per heavy atom. The first kappa shape index (κ1) is 22.1. The third-order valence-corrected chi connectivity index (χ3v) is 7.15. The van der Waals surface area contributed by atoms with Crippen LogP contribution in [0.2, 0.25) is 0 Å². The van der Waals surface area contributed by atoms with Gasteiger partial charge < -0.3 is 20.1 Å². The summed E-state index contributed by atoms with van der Waals surface area (Å²) in [7, 11) is 1.76. The van der Waals surface area contributed by atoms with Crippen molar-refractivity contribution < 1.29 is 9.84 Å². The second kappa shape index (κ2) is 9.65. The summed E-state index contributed by atoms with van der Waals surface area (Å²) in [6, 6.07) is 12.7. The first-order valence-corrected chi connectivity index (χ1v) is 12.2. The lowest BCUT2D eigenvalue weighted by atomic mass is 9.88. The van der Waals surface area contributed by atoms with Gasteiger partial charge in [0.2, 0.25) is 0 Å². The average molecular weight is 447 g/mol. The van der Waals surface area contributed by atoms with Crippen LogP contribution in [0, 0.1) is 6.92 Å². The number of ether oxygens (including phenoxy) is 1. The van der Waals surface area contributed by atoms with Crippen LogP contribution in [0.4, 0.5) is 5.82 Å².